The van der Waals surface area contributed by atoms with Crippen LogP contribution in [-0.2, 0) is 23.9 Å². The number of amides is 3. The first-order chi connectivity index (χ1) is 20.1. The van der Waals surface area contributed by atoms with E-state index < -0.39 is 23.2 Å². The Morgan fingerprint density at radius 3 is 2.28 bits per heavy atom. The van der Waals surface area contributed by atoms with Crippen LogP contribution in [0.4, 0.5) is 16.7 Å². The number of esters is 1. The van der Waals surface area contributed by atoms with Crippen molar-refractivity contribution in [3.05, 3.63) is 17.3 Å². The van der Waals surface area contributed by atoms with Crippen molar-refractivity contribution in [2.24, 2.45) is 5.92 Å². The zero-order chi connectivity index (χ0) is 31.1. The van der Waals surface area contributed by atoms with Crippen LogP contribution in [0.1, 0.15) is 98.5 Å². The van der Waals surface area contributed by atoms with Gasteiger partial charge in [-0.15, -0.1) is 0 Å². The van der Waals surface area contributed by atoms with E-state index in [4.69, 9.17) is 19.4 Å². The van der Waals surface area contributed by atoms with Crippen molar-refractivity contribution >= 4 is 47.5 Å². The lowest BCUT2D eigenvalue weighted by atomic mass is 9.84. The highest BCUT2D eigenvalue weighted by Gasteiger charge is 2.40. The average Bonchev–Trinajstić information content (AvgIpc) is 3.54. The number of fused-ring (bicyclic) bond motifs is 1. The largest absolute Gasteiger partial charge is 0.460 e. The molecule has 2 aromatic rings. The van der Waals surface area contributed by atoms with Gasteiger partial charge in [0.1, 0.15) is 11.2 Å². The quantitative estimate of drug-likeness (QED) is 0.271. The number of nitrogens with zero attached hydrogens (tertiary/aromatic N) is 5. The van der Waals surface area contributed by atoms with E-state index in [0.717, 1.165) is 38.5 Å². The number of hydrogen-bond donors (Lipinski definition) is 2. The molecule has 13 heteroatoms. The van der Waals surface area contributed by atoms with Crippen molar-refractivity contribution in [1.82, 2.24) is 24.9 Å². The molecule has 1 saturated heterocycles. The summed E-state index contributed by atoms with van der Waals surface area (Å²) in [6.07, 6.45) is 7.91. The smallest absolute Gasteiger partial charge is 0.417 e. The predicted octanol–water partition coefficient (Wildman–Crippen LogP) is 4.16. The van der Waals surface area contributed by atoms with E-state index in [1.807, 2.05) is 41.5 Å². The molecule has 3 heterocycles. The maximum absolute atomic E-state index is 13.4. The summed E-state index contributed by atoms with van der Waals surface area (Å²) in [5.41, 5.74) is 0.00498. The highest BCUT2D eigenvalue weighted by Crippen LogP contribution is 2.34. The zero-order valence-corrected chi connectivity index (χ0v) is 25.7. The third-order valence-corrected chi connectivity index (χ3v) is 7.38. The van der Waals surface area contributed by atoms with Crippen molar-refractivity contribution in [3.8, 4) is 0 Å². The molecule has 1 aliphatic heterocycles. The number of ether oxygens (including phenoxy) is 2. The summed E-state index contributed by atoms with van der Waals surface area (Å²) in [7, 11) is 0. The van der Waals surface area contributed by atoms with Crippen molar-refractivity contribution in [2.75, 3.05) is 10.2 Å². The molecule has 43 heavy (non-hydrogen) atoms. The molecular weight excluding hydrogens is 554 g/mol. The van der Waals surface area contributed by atoms with E-state index in [-0.39, 0.29) is 42.2 Å². The summed E-state index contributed by atoms with van der Waals surface area (Å²) < 4.78 is 12.7. The molecule has 0 atom stereocenters. The van der Waals surface area contributed by atoms with E-state index in [0.29, 0.717) is 29.2 Å². The SMILES string of the molecule is CC(C)(C)OC(=O)CC1CCC(Nc2nc(N(C(=O)OC(C)(C)C)C3CC3)n3ncc(/C=C4\CC(=O)NC4=O)c3n2)CC1. The standard InChI is InChI=1S/C30H41N7O6/c1-29(2,3)42-23(39)13-17-7-9-20(10-8-17)32-26-34-24-19(14-18-15-22(38)33-25(18)40)16-31-37(24)27(35-26)36(21-11-12-21)28(41)43-30(4,5)6/h14,16-17,20-21H,7-13,15H2,1-6H3,(H,32,34)(H,33,38,40)/b18-14+. The predicted molar refractivity (Wildman–Crippen MR) is 158 cm³/mol. The number of aromatic nitrogens is 4. The van der Waals surface area contributed by atoms with E-state index in [1.165, 1.54) is 9.42 Å². The summed E-state index contributed by atoms with van der Waals surface area (Å²) in [5.74, 6) is -0.160. The number of hydrogen-bond acceptors (Lipinski definition) is 10. The summed E-state index contributed by atoms with van der Waals surface area (Å²) in [5, 5.41) is 10.2. The normalized spacial score (nSPS) is 22.0. The molecule has 0 aromatic carbocycles. The molecule has 0 radical (unpaired) electrons. The monoisotopic (exact) mass is 595 g/mol. The van der Waals surface area contributed by atoms with Gasteiger partial charge in [0.25, 0.3) is 5.91 Å². The minimum absolute atomic E-state index is 0.0299. The van der Waals surface area contributed by atoms with Gasteiger partial charge in [0.2, 0.25) is 17.8 Å². The van der Waals surface area contributed by atoms with Gasteiger partial charge in [0.05, 0.1) is 12.6 Å². The molecule has 2 aliphatic carbocycles. The maximum Gasteiger partial charge on any atom is 0.417 e. The van der Waals surface area contributed by atoms with Gasteiger partial charge in [0, 0.05) is 29.6 Å². The highest BCUT2D eigenvalue weighted by atomic mass is 16.6. The van der Waals surface area contributed by atoms with Crippen LogP contribution in [0, 0.1) is 5.92 Å². The molecule has 3 fully saturated rings. The minimum Gasteiger partial charge on any atom is -0.460 e. The number of nitrogens with one attached hydrogen (secondary N) is 2. The molecule has 2 saturated carbocycles. The van der Waals surface area contributed by atoms with Gasteiger partial charge in [-0.25, -0.2) is 9.69 Å². The first-order valence-electron chi connectivity index (χ1n) is 15.0. The molecule has 232 valence electrons. The summed E-state index contributed by atoms with van der Waals surface area (Å²) in [6, 6.07) is -0.0302. The van der Waals surface area contributed by atoms with Gasteiger partial charge < -0.3 is 14.8 Å². The van der Waals surface area contributed by atoms with Gasteiger partial charge in [0.15, 0.2) is 5.65 Å². The van der Waals surface area contributed by atoms with Crippen LogP contribution in [0.5, 0.6) is 0 Å². The molecule has 3 aliphatic rings. The van der Waals surface area contributed by atoms with Crippen molar-refractivity contribution in [2.45, 2.75) is 116 Å². The fourth-order valence-electron chi connectivity index (χ4n) is 5.36. The Labute approximate surface area is 250 Å². The first-order valence-corrected chi connectivity index (χ1v) is 15.0. The number of carbonyl (C=O) groups is 4. The molecule has 2 aromatic heterocycles. The van der Waals surface area contributed by atoms with E-state index in [9.17, 15) is 19.2 Å². The average molecular weight is 596 g/mol. The van der Waals surface area contributed by atoms with Crippen molar-refractivity contribution in [1.29, 1.82) is 0 Å². The zero-order valence-electron chi connectivity index (χ0n) is 25.7. The van der Waals surface area contributed by atoms with Crippen LogP contribution in [0.15, 0.2) is 11.8 Å². The summed E-state index contributed by atoms with van der Waals surface area (Å²) in [4.78, 5) is 60.8. The van der Waals surface area contributed by atoms with Gasteiger partial charge in [-0.3, -0.25) is 19.7 Å². The number of anilines is 2. The second kappa shape index (κ2) is 11.6. The minimum atomic E-state index is -0.711. The summed E-state index contributed by atoms with van der Waals surface area (Å²) in [6.45, 7) is 11.0. The first kappa shape index (κ1) is 30.4. The molecule has 0 bridgehead atoms. The van der Waals surface area contributed by atoms with Gasteiger partial charge in [-0.2, -0.15) is 19.6 Å². The fraction of sp³-hybridized carbons (Fsp3) is 0.633. The molecule has 13 nitrogen and oxygen atoms in total. The van der Waals surface area contributed by atoms with E-state index in [1.54, 1.807) is 12.3 Å². The third kappa shape index (κ3) is 7.68. The Hall–Kier alpha value is -4.03. The van der Waals surface area contributed by atoms with Gasteiger partial charge in [-0.1, -0.05) is 0 Å². The van der Waals surface area contributed by atoms with Crippen LogP contribution in [0.25, 0.3) is 11.7 Å². The van der Waals surface area contributed by atoms with E-state index >= 15 is 0 Å². The lowest BCUT2D eigenvalue weighted by Gasteiger charge is -2.30. The molecule has 5 rings (SSSR count). The second-order valence-corrected chi connectivity index (χ2v) is 13.6. The highest BCUT2D eigenvalue weighted by molar-refractivity contribution is 6.15. The van der Waals surface area contributed by atoms with Crippen LogP contribution >= 0.6 is 0 Å². The Bertz CT molecular complexity index is 1460. The molecule has 0 unspecified atom stereocenters. The Balaban J connectivity index is 1.42. The number of imide groups is 1. The van der Waals surface area contributed by atoms with Crippen molar-refractivity contribution in [3.63, 3.8) is 0 Å². The third-order valence-electron chi connectivity index (χ3n) is 7.38. The molecule has 2 N–H and O–H groups in total. The number of carbonyl (C=O) groups excluding carboxylic acids is 4. The topological polar surface area (TPSA) is 157 Å². The maximum atomic E-state index is 13.4. The molecule has 3 amide bonds. The number of rotatable bonds is 7. The lowest BCUT2D eigenvalue weighted by molar-refractivity contribution is -0.156. The molecular formula is C30H41N7O6. The second-order valence-electron chi connectivity index (χ2n) is 13.6. The van der Waals surface area contributed by atoms with Gasteiger partial charge in [-0.05, 0) is 92.1 Å². The summed E-state index contributed by atoms with van der Waals surface area (Å²) >= 11 is 0. The molecule has 0 spiro atoms. The Morgan fingerprint density at radius 2 is 1.70 bits per heavy atom. The van der Waals surface area contributed by atoms with Crippen LogP contribution in [0.2, 0.25) is 0 Å². The van der Waals surface area contributed by atoms with Crippen LogP contribution in [0.3, 0.4) is 0 Å². The Morgan fingerprint density at radius 1 is 1.02 bits per heavy atom. The van der Waals surface area contributed by atoms with E-state index in [2.05, 4.69) is 15.7 Å². The van der Waals surface area contributed by atoms with Crippen LogP contribution in [-0.4, -0.2) is 66.7 Å². The van der Waals surface area contributed by atoms with Crippen LogP contribution < -0.4 is 15.5 Å². The lowest BCUT2D eigenvalue weighted by Crippen LogP contribution is -2.40. The fourth-order valence-corrected chi connectivity index (χ4v) is 5.36. The van der Waals surface area contributed by atoms with Gasteiger partial charge >= 0.3 is 12.1 Å². The van der Waals surface area contributed by atoms with Crippen molar-refractivity contribution < 1.29 is 28.7 Å². The Kier molecular flexibility index (Phi) is 8.19.